The highest BCUT2D eigenvalue weighted by atomic mass is 35.5. The molecule has 3 rings (SSSR count). The molecule has 9 heteroatoms. The number of fused-ring (bicyclic) bond motifs is 2. The summed E-state index contributed by atoms with van der Waals surface area (Å²) in [6, 6.07) is 7.80. The number of hydrogen-bond donors (Lipinski definition) is 0. The number of hydrogen-bond acceptors (Lipinski definition) is 6. The Bertz CT molecular complexity index is 1120. The van der Waals surface area contributed by atoms with Gasteiger partial charge in [0.2, 0.25) is 19.7 Å². The lowest BCUT2D eigenvalue weighted by Gasteiger charge is -2.22. The smallest absolute Gasteiger partial charge is 0.302 e. The maximum absolute atomic E-state index is 12.9. The Balaban J connectivity index is 2.18. The molecule has 2 aromatic rings. The molecule has 6 nitrogen and oxygen atoms in total. The number of carbonyl (C=O) groups excluding carboxylic acids is 1. The van der Waals surface area contributed by atoms with Crippen molar-refractivity contribution in [2.24, 2.45) is 0 Å². The highest BCUT2D eigenvalue weighted by molar-refractivity contribution is 7.97. The van der Waals surface area contributed by atoms with Crippen LogP contribution in [0.15, 0.2) is 56.0 Å². The van der Waals surface area contributed by atoms with Crippen LogP contribution in [0.2, 0.25) is 5.02 Å². The fraction of sp³-hybridized carbons (Fsp3) is 0.235. The predicted molar refractivity (Wildman–Crippen MR) is 93.8 cm³/mol. The van der Waals surface area contributed by atoms with Crippen LogP contribution >= 0.6 is 11.6 Å². The van der Waals surface area contributed by atoms with Crippen LogP contribution < -0.4 is 0 Å². The van der Waals surface area contributed by atoms with Crippen LogP contribution in [0, 0.1) is 0 Å². The maximum atomic E-state index is 12.9. The number of ether oxygens (including phenoxy) is 1. The molecule has 0 radical (unpaired) electrons. The van der Waals surface area contributed by atoms with E-state index in [1.807, 2.05) is 0 Å². The normalized spacial score (nSPS) is 17.7. The summed E-state index contributed by atoms with van der Waals surface area (Å²) in [5.41, 5.74) is 0.557. The maximum Gasteiger partial charge on any atom is 0.302 e. The van der Waals surface area contributed by atoms with Gasteiger partial charge in [-0.15, -0.1) is 0 Å². The van der Waals surface area contributed by atoms with Crippen LogP contribution in [0.5, 0.6) is 0 Å². The van der Waals surface area contributed by atoms with E-state index < -0.39 is 25.6 Å². The number of rotatable bonds is 3. The van der Waals surface area contributed by atoms with Crippen molar-refractivity contribution in [3.8, 4) is 0 Å². The summed E-state index contributed by atoms with van der Waals surface area (Å²) in [4.78, 5) is 9.78. The van der Waals surface area contributed by atoms with E-state index in [1.165, 1.54) is 37.3 Å². The summed E-state index contributed by atoms with van der Waals surface area (Å²) in [6.45, 7) is 3.09. The van der Waals surface area contributed by atoms with Gasteiger partial charge in [0.15, 0.2) is 0 Å². The van der Waals surface area contributed by atoms with E-state index in [-0.39, 0.29) is 37.1 Å². The van der Waals surface area contributed by atoms with Crippen molar-refractivity contribution in [1.82, 2.24) is 0 Å². The van der Waals surface area contributed by atoms with Crippen LogP contribution in [0.1, 0.15) is 25.3 Å². The molecule has 0 saturated heterocycles. The molecule has 138 valence electrons. The molecule has 1 heterocycles. The second-order valence-electron chi connectivity index (χ2n) is 6.01. The lowest BCUT2D eigenvalue weighted by atomic mass is 10.0. The monoisotopic (exact) mass is 414 g/mol. The molecule has 0 bridgehead atoms. The summed E-state index contributed by atoms with van der Waals surface area (Å²) < 4.78 is 56.5. The van der Waals surface area contributed by atoms with E-state index >= 15 is 0 Å². The Kier molecular flexibility index (Phi) is 4.62. The van der Waals surface area contributed by atoms with Gasteiger partial charge in [-0.1, -0.05) is 24.6 Å². The predicted octanol–water partition coefficient (Wildman–Crippen LogP) is 2.99. The number of esters is 1. The number of benzene rings is 2. The molecule has 0 amide bonds. The standard InChI is InChI=1S/C17H15ClO6S2/c1-10(9-24-11(2)19)12-3-5-14-16(7-12)25(20,21)15-6-4-13(18)8-17(15)26(14,22)23/h3-8,10H,9H2,1-2H3. The lowest BCUT2D eigenvalue weighted by Crippen LogP contribution is -2.20. The van der Waals surface area contributed by atoms with Crippen molar-refractivity contribution in [2.75, 3.05) is 6.61 Å². The van der Waals surface area contributed by atoms with Gasteiger partial charge in [-0.3, -0.25) is 4.79 Å². The Morgan fingerprint density at radius 2 is 1.50 bits per heavy atom. The molecule has 0 N–H and O–H groups in total. The average Bonchev–Trinajstić information content (AvgIpc) is 2.57. The SMILES string of the molecule is CC(=O)OCC(C)c1ccc2c(c1)S(=O)(=O)c1ccc(Cl)cc1S2(=O)=O. The van der Waals surface area contributed by atoms with Crippen molar-refractivity contribution in [3.05, 3.63) is 47.0 Å². The van der Waals surface area contributed by atoms with Crippen LogP contribution in [-0.4, -0.2) is 29.4 Å². The number of halogens is 1. The van der Waals surface area contributed by atoms with E-state index in [1.54, 1.807) is 6.92 Å². The van der Waals surface area contributed by atoms with Gasteiger partial charge in [-0.05, 0) is 35.9 Å². The molecular formula is C17H15ClO6S2. The Labute approximate surface area is 156 Å². The topological polar surface area (TPSA) is 94.6 Å². The first-order valence-corrected chi connectivity index (χ1v) is 11.0. The van der Waals surface area contributed by atoms with Gasteiger partial charge in [0.25, 0.3) is 0 Å². The molecular weight excluding hydrogens is 400 g/mol. The number of carbonyl (C=O) groups is 1. The summed E-state index contributed by atoms with van der Waals surface area (Å²) in [7, 11) is -8.03. The van der Waals surface area contributed by atoms with E-state index in [2.05, 4.69) is 0 Å². The van der Waals surface area contributed by atoms with Crippen LogP contribution in [0.25, 0.3) is 0 Å². The van der Waals surface area contributed by atoms with E-state index in [9.17, 15) is 21.6 Å². The zero-order valence-corrected chi connectivity index (χ0v) is 16.3. The van der Waals surface area contributed by atoms with Gasteiger partial charge < -0.3 is 4.74 Å². The van der Waals surface area contributed by atoms with Gasteiger partial charge in [0.05, 0.1) is 26.2 Å². The molecule has 0 aromatic heterocycles. The average molecular weight is 415 g/mol. The van der Waals surface area contributed by atoms with Crippen molar-refractivity contribution in [2.45, 2.75) is 39.3 Å². The molecule has 2 aromatic carbocycles. The van der Waals surface area contributed by atoms with Crippen molar-refractivity contribution < 1.29 is 26.4 Å². The molecule has 1 atom stereocenters. The van der Waals surface area contributed by atoms with E-state index in [0.29, 0.717) is 5.56 Å². The van der Waals surface area contributed by atoms with Crippen LogP contribution in [0.4, 0.5) is 0 Å². The second kappa shape index (κ2) is 6.37. The summed E-state index contributed by atoms with van der Waals surface area (Å²) in [5, 5.41) is 0.137. The molecule has 0 saturated carbocycles. The van der Waals surface area contributed by atoms with Gasteiger partial charge in [0, 0.05) is 17.9 Å². The van der Waals surface area contributed by atoms with Gasteiger partial charge >= 0.3 is 5.97 Å². The highest BCUT2D eigenvalue weighted by Crippen LogP contribution is 2.42. The fourth-order valence-corrected chi connectivity index (χ4v) is 7.16. The molecule has 26 heavy (non-hydrogen) atoms. The van der Waals surface area contributed by atoms with Gasteiger partial charge in [-0.2, -0.15) is 0 Å². The fourth-order valence-electron chi connectivity index (χ4n) is 2.75. The van der Waals surface area contributed by atoms with E-state index in [4.69, 9.17) is 16.3 Å². The minimum absolute atomic E-state index is 0.0626. The Hall–Kier alpha value is -1.90. The van der Waals surface area contributed by atoms with Crippen molar-refractivity contribution in [3.63, 3.8) is 0 Å². The summed E-state index contributed by atoms with van der Waals surface area (Å²) >= 11 is 5.85. The van der Waals surface area contributed by atoms with Gasteiger partial charge in [0.1, 0.15) is 0 Å². The Morgan fingerprint density at radius 1 is 0.962 bits per heavy atom. The lowest BCUT2D eigenvalue weighted by molar-refractivity contribution is -0.141. The van der Waals surface area contributed by atoms with E-state index in [0.717, 1.165) is 6.07 Å². The first kappa shape index (κ1) is 18.9. The minimum atomic E-state index is -4.02. The number of sulfone groups is 2. The summed E-state index contributed by atoms with van der Waals surface area (Å²) in [6.07, 6.45) is 0. The minimum Gasteiger partial charge on any atom is -0.465 e. The molecule has 0 aliphatic carbocycles. The molecule has 1 aliphatic rings. The molecule has 0 spiro atoms. The largest absolute Gasteiger partial charge is 0.465 e. The second-order valence-corrected chi connectivity index (χ2v) is 10.2. The third-order valence-corrected chi connectivity index (χ3v) is 8.33. The third-order valence-electron chi connectivity index (χ3n) is 4.14. The summed E-state index contributed by atoms with van der Waals surface area (Å²) in [5.74, 6) is -0.746. The molecule has 1 unspecified atom stereocenters. The zero-order chi connectivity index (χ0) is 19.3. The zero-order valence-electron chi connectivity index (χ0n) is 13.9. The molecule has 1 aliphatic heterocycles. The Morgan fingerprint density at radius 3 is 2.08 bits per heavy atom. The quantitative estimate of drug-likeness (QED) is 0.611. The van der Waals surface area contributed by atoms with Crippen LogP contribution in [-0.2, 0) is 29.2 Å². The van der Waals surface area contributed by atoms with Crippen molar-refractivity contribution >= 4 is 37.2 Å². The van der Waals surface area contributed by atoms with Gasteiger partial charge in [-0.25, -0.2) is 16.8 Å². The first-order valence-electron chi connectivity index (χ1n) is 7.62. The molecule has 0 fully saturated rings. The van der Waals surface area contributed by atoms with Crippen LogP contribution in [0.3, 0.4) is 0 Å². The first-order chi connectivity index (χ1) is 12.0. The third kappa shape index (κ3) is 3.02. The highest BCUT2D eigenvalue weighted by Gasteiger charge is 2.39. The van der Waals surface area contributed by atoms with Crippen molar-refractivity contribution in [1.29, 1.82) is 0 Å².